The van der Waals surface area contributed by atoms with Crippen LogP contribution in [0, 0.1) is 31.6 Å². The number of nitrogens with zero attached hydrogens (tertiary/aromatic N) is 2. The lowest BCUT2D eigenvalue weighted by Crippen LogP contribution is -2.40. The molecule has 1 N–H and O–H groups in total. The second-order valence-electron chi connectivity index (χ2n) is 8.01. The summed E-state index contributed by atoms with van der Waals surface area (Å²) in [5.74, 6) is 3.22. The summed E-state index contributed by atoms with van der Waals surface area (Å²) < 4.78 is 7.56. The van der Waals surface area contributed by atoms with Crippen LogP contribution >= 0.6 is 11.6 Å². The molecule has 1 amide bonds. The van der Waals surface area contributed by atoms with Gasteiger partial charge in [0.05, 0.1) is 23.0 Å². The fraction of sp³-hybridized carbons (Fsp3) is 0.600. The van der Waals surface area contributed by atoms with Crippen LogP contribution in [0.15, 0.2) is 16.5 Å². The molecule has 2 aliphatic carbocycles. The van der Waals surface area contributed by atoms with Crippen molar-refractivity contribution in [1.29, 1.82) is 0 Å². The van der Waals surface area contributed by atoms with E-state index in [0.29, 0.717) is 29.0 Å². The molecule has 2 bridgehead atoms. The first-order valence-corrected chi connectivity index (χ1v) is 9.89. The van der Waals surface area contributed by atoms with Crippen molar-refractivity contribution in [1.82, 2.24) is 15.1 Å². The highest BCUT2D eigenvalue weighted by Crippen LogP contribution is 2.49. The van der Waals surface area contributed by atoms with E-state index in [0.717, 1.165) is 23.2 Å². The van der Waals surface area contributed by atoms with Crippen LogP contribution in [-0.2, 0) is 6.54 Å². The molecule has 140 valence electrons. The summed E-state index contributed by atoms with van der Waals surface area (Å²) in [4.78, 5) is 12.6. The molecule has 0 aromatic carbocycles. The quantitative estimate of drug-likeness (QED) is 0.845. The SMILES string of the molecule is Cc1nn(Cc2ccc(C(=O)N[C@H](C)[C@@H]3C[C@@H]4CC[C@@H]3C4)o2)c(C)c1Cl. The first kappa shape index (κ1) is 17.7. The van der Waals surface area contributed by atoms with Gasteiger partial charge in [0, 0.05) is 6.04 Å². The van der Waals surface area contributed by atoms with Crippen LogP contribution in [0.1, 0.15) is 60.3 Å². The molecule has 2 saturated carbocycles. The normalized spacial score (nSPS) is 25.6. The zero-order valence-electron chi connectivity index (χ0n) is 15.6. The van der Waals surface area contributed by atoms with Crippen LogP contribution < -0.4 is 5.32 Å². The molecule has 0 radical (unpaired) electrons. The molecule has 0 saturated heterocycles. The van der Waals surface area contributed by atoms with Crippen molar-refractivity contribution in [2.24, 2.45) is 17.8 Å². The highest BCUT2D eigenvalue weighted by Gasteiger charge is 2.42. The molecule has 0 spiro atoms. The van der Waals surface area contributed by atoms with Crippen molar-refractivity contribution < 1.29 is 9.21 Å². The van der Waals surface area contributed by atoms with Crippen molar-refractivity contribution in [2.75, 3.05) is 0 Å². The molecule has 2 heterocycles. The Morgan fingerprint density at radius 2 is 2.19 bits per heavy atom. The lowest BCUT2D eigenvalue weighted by molar-refractivity contribution is 0.0885. The number of furan rings is 1. The van der Waals surface area contributed by atoms with Gasteiger partial charge in [0.2, 0.25) is 0 Å². The van der Waals surface area contributed by atoms with E-state index in [9.17, 15) is 4.79 Å². The number of carbonyl (C=O) groups excluding carboxylic acids is 1. The lowest BCUT2D eigenvalue weighted by Gasteiger charge is -2.28. The van der Waals surface area contributed by atoms with Crippen molar-refractivity contribution in [3.8, 4) is 0 Å². The van der Waals surface area contributed by atoms with Gasteiger partial charge in [-0.1, -0.05) is 18.0 Å². The molecule has 2 fully saturated rings. The van der Waals surface area contributed by atoms with E-state index in [-0.39, 0.29) is 11.9 Å². The highest BCUT2D eigenvalue weighted by atomic mass is 35.5. The summed E-state index contributed by atoms with van der Waals surface area (Å²) >= 11 is 6.19. The molecule has 2 aliphatic rings. The second kappa shape index (κ2) is 6.76. The predicted octanol–water partition coefficient (Wildman–Crippen LogP) is 4.35. The molecule has 5 nitrogen and oxygen atoms in total. The fourth-order valence-corrected chi connectivity index (χ4v) is 4.99. The number of hydrogen-bond donors (Lipinski definition) is 1. The topological polar surface area (TPSA) is 60.1 Å². The average Bonchev–Trinajstić information content (AvgIpc) is 3.38. The number of aryl methyl sites for hydroxylation is 1. The third-order valence-electron chi connectivity index (χ3n) is 6.28. The van der Waals surface area contributed by atoms with E-state index in [1.807, 2.05) is 19.9 Å². The number of halogens is 1. The van der Waals surface area contributed by atoms with Crippen LogP contribution in [0.3, 0.4) is 0 Å². The maximum absolute atomic E-state index is 12.6. The van der Waals surface area contributed by atoms with Gasteiger partial charge in [-0.15, -0.1) is 0 Å². The summed E-state index contributed by atoms with van der Waals surface area (Å²) in [6.07, 6.45) is 5.31. The van der Waals surface area contributed by atoms with E-state index in [1.54, 1.807) is 10.7 Å². The number of fused-ring (bicyclic) bond motifs is 2. The van der Waals surface area contributed by atoms with Crippen molar-refractivity contribution in [3.05, 3.63) is 40.1 Å². The smallest absolute Gasteiger partial charge is 0.287 e. The Labute approximate surface area is 159 Å². The first-order valence-electron chi connectivity index (χ1n) is 9.51. The maximum atomic E-state index is 12.6. The molecule has 6 heteroatoms. The van der Waals surface area contributed by atoms with E-state index in [2.05, 4.69) is 17.3 Å². The van der Waals surface area contributed by atoms with Gasteiger partial charge in [-0.2, -0.15) is 5.10 Å². The number of rotatable bonds is 5. The van der Waals surface area contributed by atoms with E-state index in [4.69, 9.17) is 16.0 Å². The second-order valence-corrected chi connectivity index (χ2v) is 8.39. The number of hydrogen-bond acceptors (Lipinski definition) is 3. The van der Waals surface area contributed by atoms with Gasteiger partial charge in [-0.05, 0) is 69.9 Å². The number of carbonyl (C=O) groups is 1. The van der Waals surface area contributed by atoms with Crippen LogP contribution in [0.4, 0.5) is 0 Å². The first-order chi connectivity index (χ1) is 12.4. The average molecular weight is 376 g/mol. The Kier molecular flexibility index (Phi) is 4.59. The van der Waals surface area contributed by atoms with Crippen molar-refractivity contribution in [2.45, 2.75) is 59.0 Å². The maximum Gasteiger partial charge on any atom is 0.287 e. The molecule has 2 aromatic heterocycles. The van der Waals surface area contributed by atoms with E-state index >= 15 is 0 Å². The monoisotopic (exact) mass is 375 g/mol. The number of aromatic nitrogens is 2. The Hall–Kier alpha value is -1.75. The lowest BCUT2D eigenvalue weighted by atomic mass is 9.84. The largest absolute Gasteiger partial charge is 0.454 e. The minimum atomic E-state index is -0.127. The molecule has 4 rings (SSSR count). The minimum absolute atomic E-state index is 0.127. The molecule has 0 unspecified atom stereocenters. The summed E-state index contributed by atoms with van der Waals surface area (Å²) in [6.45, 7) is 6.40. The Balaban J connectivity index is 1.39. The molecular formula is C20H26ClN3O2. The summed E-state index contributed by atoms with van der Waals surface area (Å²) in [5, 5.41) is 8.23. The zero-order valence-corrected chi connectivity index (χ0v) is 16.3. The Morgan fingerprint density at radius 3 is 2.81 bits per heavy atom. The summed E-state index contributed by atoms with van der Waals surface area (Å²) in [5.41, 5.74) is 1.70. The van der Waals surface area contributed by atoms with Crippen molar-refractivity contribution >= 4 is 17.5 Å². The molecule has 0 aliphatic heterocycles. The van der Waals surface area contributed by atoms with Crippen LogP contribution in [0.2, 0.25) is 5.02 Å². The third kappa shape index (κ3) is 3.18. The molecular weight excluding hydrogens is 350 g/mol. The van der Waals surface area contributed by atoms with Crippen molar-refractivity contribution in [3.63, 3.8) is 0 Å². The highest BCUT2D eigenvalue weighted by molar-refractivity contribution is 6.31. The van der Waals surface area contributed by atoms with Crippen LogP contribution in [-0.4, -0.2) is 21.7 Å². The fourth-order valence-electron chi connectivity index (χ4n) is 4.85. The predicted molar refractivity (Wildman–Crippen MR) is 100 cm³/mol. The Bertz CT molecular complexity index is 825. The van der Waals surface area contributed by atoms with Gasteiger partial charge in [0.25, 0.3) is 5.91 Å². The molecule has 2 aromatic rings. The van der Waals surface area contributed by atoms with Crippen LogP contribution in [0.5, 0.6) is 0 Å². The van der Waals surface area contributed by atoms with Gasteiger partial charge in [0.15, 0.2) is 5.76 Å². The summed E-state index contributed by atoms with van der Waals surface area (Å²) in [6, 6.07) is 3.77. The van der Waals surface area contributed by atoms with Gasteiger partial charge >= 0.3 is 0 Å². The van der Waals surface area contributed by atoms with E-state index < -0.39 is 0 Å². The molecule has 4 atom stereocenters. The standard InChI is InChI=1S/C20H26ClN3O2/c1-11(17-9-14-4-5-15(17)8-14)22-20(25)18-7-6-16(26-18)10-24-13(3)19(21)12(2)23-24/h6-7,11,14-15,17H,4-5,8-10H2,1-3H3,(H,22,25)/t11-,14-,15-,17+/m1/s1. The molecule has 26 heavy (non-hydrogen) atoms. The minimum Gasteiger partial charge on any atom is -0.454 e. The van der Waals surface area contributed by atoms with Gasteiger partial charge in [-0.25, -0.2) is 0 Å². The van der Waals surface area contributed by atoms with E-state index in [1.165, 1.54) is 25.7 Å². The number of nitrogens with one attached hydrogen (secondary N) is 1. The zero-order chi connectivity index (χ0) is 18.4. The van der Waals surface area contributed by atoms with Gasteiger partial charge < -0.3 is 9.73 Å². The Morgan fingerprint density at radius 1 is 1.38 bits per heavy atom. The van der Waals surface area contributed by atoms with Crippen LogP contribution in [0.25, 0.3) is 0 Å². The third-order valence-corrected chi connectivity index (χ3v) is 6.83. The van der Waals surface area contributed by atoms with Gasteiger partial charge in [-0.3, -0.25) is 9.48 Å². The van der Waals surface area contributed by atoms with Gasteiger partial charge in [0.1, 0.15) is 5.76 Å². The summed E-state index contributed by atoms with van der Waals surface area (Å²) in [7, 11) is 0. The number of amides is 1.